The van der Waals surface area contributed by atoms with E-state index in [1.165, 1.54) is 0 Å². The first-order valence-electron chi connectivity index (χ1n) is 5.33. The minimum Gasteiger partial charge on any atom is -0.508 e. The highest BCUT2D eigenvalue weighted by Gasteiger charge is 2.04. The molecule has 0 amide bonds. The number of aromatic nitrogens is 1. The Kier molecular flexibility index (Phi) is 3.96. The van der Waals surface area contributed by atoms with Crippen molar-refractivity contribution in [1.29, 1.82) is 0 Å². The molecule has 0 fully saturated rings. The van der Waals surface area contributed by atoms with Crippen LogP contribution >= 0.6 is 11.6 Å². The zero-order valence-electron chi connectivity index (χ0n) is 9.23. The van der Waals surface area contributed by atoms with Crippen molar-refractivity contribution in [3.63, 3.8) is 0 Å². The number of phenols is 1. The molecular weight excluding hydrogens is 236 g/mol. The number of pyridine rings is 1. The molecule has 0 atom stereocenters. The maximum atomic E-state index is 9.65. The van der Waals surface area contributed by atoms with Gasteiger partial charge in [-0.2, -0.15) is 0 Å². The largest absolute Gasteiger partial charge is 0.508 e. The van der Waals surface area contributed by atoms with Gasteiger partial charge >= 0.3 is 0 Å². The molecule has 17 heavy (non-hydrogen) atoms. The highest BCUT2D eigenvalue weighted by Crippen LogP contribution is 2.24. The van der Waals surface area contributed by atoms with Crippen LogP contribution in [0.2, 0.25) is 5.02 Å². The van der Waals surface area contributed by atoms with Gasteiger partial charge < -0.3 is 10.4 Å². The zero-order valence-corrected chi connectivity index (χ0v) is 9.98. The summed E-state index contributed by atoms with van der Waals surface area (Å²) in [6.07, 6.45) is 3.51. The van der Waals surface area contributed by atoms with Crippen LogP contribution in [0.5, 0.6) is 5.75 Å². The standard InChI is InChI=1S/C13H13ClN2O/c14-12-2-1-3-13(17)11(12)9-16-8-10-4-6-15-7-5-10/h1-7,16-17H,8-9H2. The molecule has 3 nitrogen and oxygen atoms in total. The molecule has 0 unspecified atom stereocenters. The molecule has 1 heterocycles. The van der Waals surface area contributed by atoms with Crippen molar-refractivity contribution in [2.24, 2.45) is 0 Å². The summed E-state index contributed by atoms with van der Waals surface area (Å²) in [6.45, 7) is 1.25. The van der Waals surface area contributed by atoms with Gasteiger partial charge in [0.1, 0.15) is 5.75 Å². The third kappa shape index (κ3) is 3.19. The second-order valence-corrected chi connectivity index (χ2v) is 4.10. The molecule has 0 saturated heterocycles. The zero-order chi connectivity index (χ0) is 12.1. The maximum absolute atomic E-state index is 9.65. The van der Waals surface area contributed by atoms with Gasteiger partial charge in [0.15, 0.2) is 0 Å². The number of hydrogen-bond donors (Lipinski definition) is 2. The summed E-state index contributed by atoms with van der Waals surface area (Å²) in [5.41, 5.74) is 1.87. The molecule has 88 valence electrons. The summed E-state index contributed by atoms with van der Waals surface area (Å²) in [5.74, 6) is 0.222. The van der Waals surface area contributed by atoms with Crippen LogP contribution in [-0.2, 0) is 13.1 Å². The fraction of sp³-hybridized carbons (Fsp3) is 0.154. The van der Waals surface area contributed by atoms with Crippen LogP contribution in [0.1, 0.15) is 11.1 Å². The molecule has 1 aromatic carbocycles. The number of nitrogens with one attached hydrogen (secondary N) is 1. The van der Waals surface area contributed by atoms with Gasteiger partial charge in [-0.1, -0.05) is 17.7 Å². The average Bonchev–Trinajstić information content (AvgIpc) is 2.34. The van der Waals surface area contributed by atoms with Crippen molar-refractivity contribution < 1.29 is 5.11 Å². The molecule has 2 aromatic rings. The maximum Gasteiger partial charge on any atom is 0.121 e. The fourth-order valence-electron chi connectivity index (χ4n) is 1.55. The molecule has 0 bridgehead atoms. The van der Waals surface area contributed by atoms with Crippen molar-refractivity contribution in [2.75, 3.05) is 0 Å². The fourth-order valence-corrected chi connectivity index (χ4v) is 1.79. The van der Waals surface area contributed by atoms with Crippen LogP contribution in [-0.4, -0.2) is 10.1 Å². The van der Waals surface area contributed by atoms with E-state index in [9.17, 15) is 5.11 Å². The molecule has 2 N–H and O–H groups in total. The topological polar surface area (TPSA) is 45.1 Å². The Hall–Kier alpha value is -1.58. The van der Waals surface area contributed by atoms with Gasteiger partial charge in [0.05, 0.1) is 0 Å². The van der Waals surface area contributed by atoms with Crippen molar-refractivity contribution in [1.82, 2.24) is 10.3 Å². The number of aromatic hydroxyl groups is 1. The summed E-state index contributed by atoms with van der Waals surface area (Å²) >= 11 is 6.00. The molecule has 0 spiro atoms. The monoisotopic (exact) mass is 248 g/mol. The molecule has 4 heteroatoms. The number of nitrogens with zero attached hydrogens (tertiary/aromatic N) is 1. The highest BCUT2D eigenvalue weighted by molar-refractivity contribution is 6.31. The molecule has 0 saturated carbocycles. The minimum absolute atomic E-state index is 0.222. The third-order valence-electron chi connectivity index (χ3n) is 2.47. The quantitative estimate of drug-likeness (QED) is 0.875. The Balaban J connectivity index is 1.95. The summed E-state index contributed by atoms with van der Waals surface area (Å²) in [5, 5.41) is 13.5. The van der Waals surface area contributed by atoms with Gasteiger partial charge in [-0.25, -0.2) is 0 Å². The number of benzene rings is 1. The van der Waals surface area contributed by atoms with Crippen molar-refractivity contribution in [3.05, 3.63) is 58.9 Å². The lowest BCUT2D eigenvalue weighted by molar-refractivity contribution is 0.464. The van der Waals surface area contributed by atoms with E-state index >= 15 is 0 Å². The smallest absolute Gasteiger partial charge is 0.121 e. The summed E-state index contributed by atoms with van der Waals surface area (Å²) in [6, 6.07) is 9.02. The Morgan fingerprint density at radius 1 is 1.12 bits per heavy atom. The lowest BCUT2D eigenvalue weighted by Gasteiger charge is -2.08. The van der Waals surface area contributed by atoms with Crippen LogP contribution in [0.25, 0.3) is 0 Å². The lowest BCUT2D eigenvalue weighted by atomic mass is 10.2. The van der Waals surface area contributed by atoms with E-state index in [1.807, 2.05) is 12.1 Å². The highest BCUT2D eigenvalue weighted by atomic mass is 35.5. The van der Waals surface area contributed by atoms with Crippen LogP contribution in [0, 0.1) is 0 Å². The van der Waals surface area contributed by atoms with Gasteiger partial charge in [-0.15, -0.1) is 0 Å². The molecular formula is C13H13ClN2O. The van der Waals surface area contributed by atoms with E-state index in [2.05, 4.69) is 10.3 Å². The third-order valence-corrected chi connectivity index (χ3v) is 2.83. The van der Waals surface area contributed by atoms with Crippen molar-refractivity contribution in [2.45, 2.75) is 13.1 Å². The second kappa shape index (κ2) is 5.66. The first-order valence-corrected chi connectivity index (χ1v) is 5.71. The van der Waals surface area contributed by atoms with Crippen molar-refractivity contribution >= 4 is 11.6 Å². The predicted octanol–water partition coefficient (Wildman–Crippen LogP) is 2.73. The molecule has 2 rings (SSSR count). The number of phenolic OH excluding ortho intramolecular Hbond substituents is 1. The van der Waals surface area contributed by atoms with Gasteiger partial charge in [0.2, 0.25) is 0 Å². The average molecular weight is 249 g/mol. The van der Waals surface area contributed by atoms with E-state index in [1.54, 1.807) is 30.6 Å². The molecule has 1 aromatic heterocycles. The number of halogens is 1. The molecule has 0 radical (unpaired) electrons. The summed E-state index contributed by atoms with van der Waals surface area (Å²) < 4.78 is 0. The molecule has 0 aliphatic carbocycles. The van der Waals surface area contributed by atoms with Crippen LogP contribution in [0.3, 0.4) is 0 Å². The van der Waals surface area contributed by atoms with Gasteiger partial charge in [-0.3, -0.25) is 4.98 Å². The van der Waals surface area contributed by atoms with Gasteiger partial charge in [0.25, 0.3) is 0 Å². The lowest BCUT2D eigenvalue weighted by Crippen LogP contribution is -2.13. The number of hydrogen-bond acceptors (Lipinski definition) is 3. The van der Waals surface area contributed by atoms with Crippen molar-refractivity contribution in [3.8, 4) is 5.75 Å². The van der Waals surface area contributed by atoms with E-state index < -0.39 is 0 Å². The Morgan fingerprint density at radius 3 is 2.59 bits per heavy atom. The Bertz CT molecular complexity index is 468. The predicted molar refractivity (Wildman–Crippen MR) is 67.9 cm³/mol. The second-order valence-electron chi connectivity index (χ2n) is 3.70. The number of rotatable bonds is 4. The Morgan fingerprint density at radius 2 is 1.88 bits per heavy atom. The van der Waals surface area contributed by atoms with Crippen LogP contribution < -0.4 is 5.32 Å². The first-order chi connectivity index (χ1) is 8.27. The summed E-state index contributed by atoms with van der Waals surface area (Å²) in [4.78, 5) is 3.95. The van der Waals surface area contributed by atoms with E-state index in [0.29, 0.717) is 18.1 Å². The Labute approximate surface area is 105 Å². The molecule has 0 aliphatic rings. The summed E-state index contributed by atoms with van der Waals surface area (Å²) in [7, 11) is 0. The SMILES string of the molecule is Oc1cccc(Cl)c1CNCc1ccncc1. The normalized spacial score (nSPS) is 10.4. The van der Waals surface area contributed by atoms with E-state index in [4.69, 9.17) is 11.6 Å². The van der Waals surface area contributed by atoms with Gasteiger partial charge in [0, 0.05) is 36.1 Å². The molecule has 0 aliphatic heterocycles. The first kappa shape index (κ1) is 11.9. The van der Waals surface area contributed by atoms with E-state index in [-0.39, 0.29) is 5.75 Å². The van der Waals surface area contributed by atoms with Gasteiger partial charge in [-0.05, 0) is 29.8 Å². The van der Waals surface area contributed by atoms with E-state index in [0.717, 1.165) is 11.1 Å². The van der Waals surface area contributed by atoms with Crippen LogP contribution in [0.15, 0.2) is 42.7 Å². The minimum atomic E-state index is 0.222. The van der Waals surface area contributed by atoms with Crippen LogP contribution in [0.4, 0.5) is 0 Å².